The first-order chi connectivity index (χ1) is 4.46. The quantitative estimate of drug-likeness (QED) is 0.414. The van der Waals surface area contributed by atoms with Crippen LogP contribution in [0.4, 0.5) is 0 Å². The van der Waals surface area contributed by atoms with Crippen molar-refractivity contribution >= 4 is 11.8 Å². The molecule has 3 N–H and O–H groups in total. The Labute approximate surface area is 58.3 Å². The van der Waals surface area contributed by atoms with Crippen LogP contribution in [-0.2, 0) is 9.59 Å². The lowest BCUT2D eigenvalue weighted by Gasteiger charge is -2.02. The van der Waals surface area contributed by atoms with Gasteiger partial charge in [-0.25, -0.2) is 0 Å². The largest absolute Gasteiger partial charge is 0.480 e. The lowest BCUT2D eigenvalue weighted by Crippen LogP contribution is -2.38. The van der Waals surface area contributed by atoms with E-state index in [1.165, 1.54) is 6.92 Å². The van der Waals surface area contributed by atoms with E-state index in [2.05, 4.69) is 6.58 Å². The van der Waals surface area contributed by atoms with Crippen molar-refractivity contribution in [2.24, 2.45) is 5.73 Å². The summed E-state index contributed by atoms with van der Waals surface area (Å²) >= 11 is 0. The fourth-order valence-corrected chi connectivity index (χ4v) is 0.378. The minimum atomic E-state index is -1.46. The zero-order chi connectivity index (χ0) is 8.31. The van der Waals surface area contributed by atoms with Gasteiger partial charge in [-0.15, -0.1) is 0 Å². The van der Waals surface area contributed by atoms with Crippen LogP contribution in [0.25, 0.3) is 0 Å². The normalized spacial score (nSPS) is 12.2. The van der Waals surface area contributed by atoms with Crippen LogP contribution in [0.3, 0.4) is 0 Å². The molecule has 0 spiro atoms. The van der Waals surface area contributed by atoms with Gasteiger partial charge in [0.05, 0.1) is 0 Å². The first-order valence-corrected chi connectivity index (χ1v) is 2.65. The SMILES string of the molecule is C=C(C)C(=O)C(N)C(=O)O. The van der Waals surface area contributed by atoms with Crippen molar-refractivity contribution in [3.63, 3.8) is 0 Å². The molecule has 0 saturated carbocycles. The van der Waals surface area contributed by atoms with E-state index < -0.39 is 17.8 Å². The molecule has 0 heterocycles. The number of hydrogen-bond donors (Lipinski definition) is 2. The Morgan fingerprint density at radius 1 is 1.60 bits per heavy atom. The number of carbonyl (C=O) groups excluding carboxylic acids is 1. The van der Waals surface area contributed by atoms with Gasteiger partial charge in [-0.3, -0.25) is 9.59 Å². The molecule has 0 aromatic rings. The van der Waals surface area contributed by atoms with E-state index in [0.29, 0.717) is 0 Å². The number of hydrogen-bond acceptors (Lipinski definition) is 3. The third-order valence-electron chi connectivity index (χ3n) is 0.969. The Balaban J connectivity index is 4.22. The maximum atomic E-state index is 10.7. The van der Waals surface area contributed by atoms with Crippen LogP contribution < -0.4 is 5.73 Å². The Morgan fingerprint density at radius 2 is 2.00 bits per heavy atom. The summed E-state index contributed by atoms with van der Waals surface area (Å²) in [6, 6.07) is -1.46. The third kappa shape index (κ3) is 1.99. The van der Waals surface area contributed by atoms with Gasteiger partial charge in [0.25, 0.3) is 0 Å². The molecule has 0 aliphatic rings. The first-order valence-electron chi connectivity index (χ1n) is 2.65. The van der Waals surface area contributed by atoms with Crippen LogP contribution in [0.5, 0.6) is 0 Å². The van der Waals surface area contributed by atoms with Crippen LogP contribution in [0.15, 0.2) is 12.2 Å². The van der Waals surface area contributed by atoms with Crippen molar-refractivity contribution in [2.75, 3.05) is 0 Å². The van der Waals surface area contributed by atoms with Gasteiger partial charge in [0.2, 0.25) is 0 Å². The molecular formula is C6H9NO3. The van der Waals surface area contributed by atoms with Crippen molar-refractivity contribution in [1.29, 1.82) is 0 Å². The first kappa shape index (κ1) is 8.84. The molecular weight excluding hydrogens is 134 g/mol. The molecule has 0 rings (SSSR count). The molecule has 4 nitrogen and oxygen atoms in total. The van der Waals surface area contributed by atoms with E-state index in [1.807, 2.05) is 0 Å². The van der Waals surface area contributed by atoms with Crippen LogP contribution in [0.1, 0.15) is 6.92 Å². The van der Waals surface area contributed by atoms with E-state index in [1.54, 1.807) is 0 Å². The molecule has 0 saturated heterocycles. The second kappa shape index (κ2) is 3.12. The van der Waals surface area contributed by atoms with Crippen molar-refractivity contribution in [1.82, 2.24) is 0 Å². The third-order valence-corrected chi connectivity index (χ3v) is 0.969. The lowest BCUT2D eigenvalue weighted by atomic mass is 10.1. The molecule has 56 valence electrons. The van der Waals surface area contributed by atoms with Gasteiger partial charge in [0.15, 0.2) is 11.8 Å². The topological polar surface area (TPSA) is 80.4 Å². The number of aliphatic carboxylic acids is 1. The highest BCUT2D eigenvalue weighted by atomic mass is 16.4. The van der Waals surface area contributed by atoms with Gasteiger partial charge in [-0.1, -0.05) is 6.58 Å². The number of Topliss-reactive ketones (excluding diaryl/α,β-unsaturated/α-hetero) is 1. The summed E-state index contributed by atoms with van der Waals surface area (Å²) in [5.41, 5.74) is 5.11. The predicted molar refractivity (Wildman–Crippen MR) is 35.4 cm³/mol. The zero-order valence-corrected chi connectivity index (χ0v) is 5.63. The standard InChI is InChI=1S/C6H9NO3/c1-3(2)5(8)4(7)6(9)10/h4H,1,7H2,2H3,(H,9,10). The van der Waals surface area contributed by atoms with Gasteiger partial charge in [-0.2, -0.15) is 0 Å². The Kier molecular flexibility index (Phi) is 2.76. The zero-order valence-electron chi connectivity index (χ0n) is 5.63. The predicted octanol–water partition coefficient (Wildman–Crippen LogP) is -0.457. The van der Waals surface area contributed by atoms with Crippen LogP contribution in [0, 0.1) is 0 Å². The number of carbonyl (C=O) groups is 2. The highest BCUT2D eigenvalue weighted by molar-refractivity contribution is 6.10. The molecule has 4 heteroatoms. The molecule has 1 unspecified atom stereocenters. The molecule has 0 aromatic carbocycles. The summed E-state index contributed by atoms with van der Waals surface area (Å²) in [5.74, 6) is -1.96. The molecule has 0 aliphatic carbocycles. The lowest BCUT2D eigenvalue weighted by molar-refractivity contribution is -0.141. The van der Waals surface area contributed by atoms with E-state index >= 15 is 0 Å². The molecule has 0 amide bonds. The number of rotatable bonds is 3. The van der Waals surface area contributed by atoms with Gasteiger partial charge in [-0.05, 0) is 12.5 Å². The minimum absolute atomic E-state index is 0.162. The monoisotopic (exact) mass is 143 g/mol. The minimum Gasteiger partial charge on any atom is -0.480 e. The Bertz CT molecular complexity index is 185. The maximum Gasteiger partial charge on any atom is 0.328 e. The fourth-order valence-electron chi connectivity index (χ4n) is 0.378. The van der Waals surface area contributed by atoms with Crippen molar-refractivity contribution in [3.8, 4) is 0 Å². The molecule has 0 aliphatic heterocycles. The molecule has 0 aromatic heterocycles. The summed E-state index contributed by atoms with van der Waals surface area (Å²) in [4.78, 5) is 20.7. The average molecular weight is 143 g/mol. The van der Waals surface area contributed by atoms with Gasteiger partial charge in [0.1, 0.15) is 0 Å². The number of ketones is 1. The summed E-state index contributed by atoms with van der Waals surface area (Å²) in [6.45, 7) is 4.69. The van der Waals surface area contributed by atoms with Crippen molar-refractivity contribution in [3.05, 3.63) is 12.2 Å². The smallest absolute Gasteiger partial charge is 0.328 e. The second-order valence-corrected chi connectivity index (χ2v) is 1.96. The van der Waals surface area contributed by atoms with Gasteiger partial charge in [0, 0.05) is 0 Å². The highest BCUT2D eigenvalue weighted by Gasteiger charge is 2.20. The molecule has 0 fully saturated rings. The number of carboxylic acid groups (broad SMARTS) is 1. The van der Waals surface area contributed by atoms with Gasteiger partial charge >= 0.3 is 5.97 Å². The fraction of sp³-hybridized carbons (Fsp3) is 0.333. The number of nitrogens with two attached hydrogens (primary N) is 1. The van der Waals surface area contributed by atoms with Crippen molar-refractivity contribution < 1.29 is 14.7 Å². The van der Waals surface area contributed by atoms with Gasteiger partial charge < -0.3 is 10.8 Å². The van der Waals surface area contributed by atoms with E-state index in [9.17, 15) is 9.59 Å². The van der Waals surface area contributed by atoms with E-state index in [-0.39, 0.29) is 5.57 Å². The maximum absolute atomic E-state index is 10.7. The summed E-state index contributed by atoms with van der Waals surface area (Å²) in [7, 11) is 0. The second-order valence-electron chi connectivity index (χ2n) is 1.96. The summed E-state index contributed by atoms with van der Waals surface area (Å²) in [5, 5.41) is 8.21. The highest BCUT2D eigenvalue weighted by Crippen LogP contribution is 1.93. The van der Waals surface area contributed by atoms with Crippen molar-refractivity contribution in [2.45, 2.75) is 13.0 Å². The molecule has 10 heavy (non-hydrogen) atoms. The van der Waals surface area contributed by atoms with Crippen LogP contribution in [-0.4, -0.2) is 22.9 Å². The Hall–Kier alpha value is -1.16. The molecule has 1 atom stereocenters. The number of carboxylic acids is 1. The van der Waals surface area contributed by atoms with E-state index in [0.717, 1.165) is 0 Å². The van der Waals surface area contributed by atoms with E-state index in [4.69, 9.17) is 10.8 Å². The Morgan fingerprint density at radius 3 is 2.10 bits per heavy atom. The summed E-state index contributed by atoms with van der Waals surface area (Å²) in [6.07, 6.45) is 0. The average Bonchev–Trinajstić information content (AvgIpc) is 1.84. The van der Waals surface area contributed by atoms with Crippen LogP contribution >= 0.6 is 0 Å². The summed E-state index contributed by atoms with van der Waals surface area (Å²) < 4.78 is 0. The van der Waals surface area contributed by atoms with Crippen LogP contribution in [0.2, 0.25) is 0 Å². The molecule has 0 bridgehead atoms. The molecule has 0 radical (unpaired) electrons.